The molecule has 1 heterocycles. The van der Waals surface area contributed by atoms with Crippen LogP contribution in [-0.2, 0) is 0 Å². The fourth-order valence-corrected chi connectivity index (χ4v) is 2.36. The van der Waals surface area contributed by atoms with E-state index in [1.807, 2.05) is 0 Å². The van der Waals surface area contributed by atoms with Gasteiger partial charge in [-0.3, -0.25) is 0 Å². The van der Waals surface area contributed by atoms with Crippen LogP contribution in [-0.4, -0.2) is 17.7 Å². The van der Waals surface area contributed by atoms with Gasteiger partial charge in [0.1, 0.15) is 0 Å². The smallest absolute Gasteiger partial charge is 1.00 e. The number of nitrogens with one attached hydrogen (secondary N) is 1. The number of thioether (sulfide) groups is 1. The van der Waals surface area contributed by atoms with Crippen molar-refractivity contribution in [3.8, 4) is 0 Å². The summed E-state index contributed by atoms with van der Waals surface area (Å²) in [6.07, 6.45) is 5.43. The molecule has 1 nitrogen and oxygen atoms in total. The SMILES string of the molecule is CCCCC1NCCCS1.[Cl-].[H+]. The minimum atomic E-state index is 0. The van der Waals surface area contributed by atoms with E-state index in [1.165, 1.54) is 38.0 Å². The Labute approximate surface area is 81.6 Å². The second-order valence-electron chi connectivity index (χ2n) is 2.81. The maximum absolute atomic E-state index is 3.52. The first-order chi connectivity index (χ1) is 4.93. The summed E-state index contributed by atoms with van der Waals surface area (Å²) in [6.45, 7) is 3.49. The summed E-state index contributed by atoms with van der Waals surface area (Å²) in [5.74, 6) is 1.36. The molecule has 68 valence electrons. The lowest BCUT2D eigenvalue weighted by Gasteiger charge is -2.22. The molecule has 1 aliphatic rings. The van der Waals surface area contributed by atoms with E-state index < -0.39 is 0 Å². The van der Waals surface area contributed by atoms with Crippen LogP contribution < -0.4 is 17.7 Å². The van der Waals surface area contributed by atoms with Crippen molar-refractivity contribution in [1.82, 2.24) is 5.32 Å². The number of rotatable bonds is 3. The van der Waals surface area contributed by atoms with E-state index in [0.717, 1.165) is 5.37 Å². The molecule has 1 fully saturated rings. The normalized spacial score (nSPS) is 24.3. The topological polar surface area (TPSA) is 12.0 Å². The van der Waals surface area contributed by atoms with Crippen molar-refractivity contribution in [3.05, 3.63) is 0 Å². The van der Waals surface area contributed by atoms with Crippen LogP contribution in [0.25, 0.3) is 0 Å². The first kappa shape index (κ1) is 11.6. The van der Waals surface area contributed by atoms with E-state index in [2.05, 4.69) is 24.0 Å². The van der Waals surface area contributed by atoms with E-state index in [4.69, 9.17) is 0 Å². The average molecular weight is 196 g/mol. The summed E-state index contributed by atoms with van der Waals surface area (Å²) >= 11 is 2.09. The van der Waals surface area contributed by atoms with E-state index in [1.54, 1.807) is 0 Å². The molecule has 1 saturated heterocycles. The summed E-state index contributed by atoms with van der Waals surface area (Å²) in [7, 11) is 0. The molecule has 0 bridgehead atoms. The number of unbranched alkanes of at least 4 members (excludes halogenated alkanes) is 1. The summed E-state index contributed by atoms with van der Waals surface area (Å²) in [6, 6.07) is 0. The highest BCUT2D eigenvalue weighted by atomic mass is 35.5. The fourth-order valence-electron chi connectivity index (χ4n) is 1.19. The van der Waals surface area contributed by atoms with E-state index in [-0.39, 0.29) is 13.8 Å². The second-order valence-corrected chi connectivity index (χ2v) is 4.12. The number of hydrogen-bond acceptors (Lipinski definition) is 2. The monoisotopic (exact) mass is 195 g/mol. The van der Waals surface area contributed by atoms with Crippen molar-refractivity contribution in [2.24, 2.45) is 0 Å². The first-order valence-electron chi connectivity index (χ1n) is 4.28. The third-order valence-electron chi connectivity index (χ3n) is 1.83. The highest BCUT2D eigenvalue weighted by Crippen LogP contribution is 2.18. The van der Waals surface area contributed by atoms with Gasteiger partial charge in [-0.15, -0.1) is 11.8 Å². The minimum absolute atomic E-state index is 0. The van der Waals surface area contributed by atoms with E-state index in [9.17, 15) is 0 Å². The van der Waals surface area contributed by atoms with Gasteiger partial charge in [0, 0.05) is 0 Å². The lowest BCUT2D eigenvalue weighted by Crippen LogP contribution is -3.00. The Morgan fingerprint density at radius 2 is 2.45 bits per heavy atom. The first-order valence-corrected chi connectivity index (χ1v) is 5.33. The van der Waals surface area contributed by atoms with Gasteiger partial charge in [-0.05, 0) is 25.1 Å². The standard InChI is InChI=1S/C8H17NS.ClH/c1-2-3-5-8-9-6-4-7-10-8;/h8-9H,2-7H2,1H3;1H. The minimum Gasteiger partial charge on any atom is -1.00 e. The summed E-state index contributed by atoms with van der Waals surface area (Å²) < 4.78 is 0. The zero-order valence-corrected chi connectivity index (χ0v) is 8.68. The maximum atomic E-state index is 3.52. The molecule has 1 aliphatic heterocycles. The van der Waals surface area contributed by atoms with Gasteiger partial charge in [0.25, 0.3) is 0 Å². The molecule has 1 rings (SSSR count). The molecule has 0 aromatic carbocycles. The van der Waals surface area contributed by atoms with Crippen molar-refractivity contribution >= 4 is 11.8 Å². The van der Waals surface area contributed by atoms with Crippen molar-refractivity contribution in [2.45, 2.75) is 38.0 Å². The second kappa shape index (κ2) is 7.26. The van der Waals surface area contributed by atoms with Gasteiger partial charge in [-0.2, -0.15) is 0 Å². The zero-order valence-electron chi connectivity index (χ0n) is 8.11. The van der Waals surface area contributed by atoms with Gasteiger partial charge in [0.15, 0.2) is 0 Å². The lowest BCUT2D eigenvalue weighted by molar-refractivity contribution is -0.00000217. The van der Waals surface area contributed by atoms with E-state index in [0.29, 0.717) is 0 Å². The predicted octanol–water partition coefficient (Wildman–Crippen LogP) is -0.654. The van der Waals surface area contributed by atoms with Crippen LogP contribution in [0.1, 0.15) is 34.0 Å². The highest BCUT2D eigenvalue weighted by molar-refractivity contribution is 7.99. The lowest BCUT2D eigenvalue weighted by atomic mass is 10.2. The molecular formula is C8H18ClNS. The van der Waals surface area contributed by atoms with Gasteiger partial charge < -0.3 is 17.7 Å². The van der Waals surface area contributed by atoms with Gasteiger partial charge in [0.05, 0.1) is 5.37 Å². The summed E-state index contributed by atoms with van der Waals surface area (Å²) in [4.78, 5) is 0. The Kier molecular flexibility index (Phi) is 7.66. The molecule has 0 aliphatic carbocycles. The van der Waals surface area contributed by atoms with Crippen molar-refractivity contribution in [2.75, 3.05) is 12.3 Å². The fraction of sp³-hybridized carbons (Fsp3) is 1.00. The van der Waals surface area contributed by atoms with Gasteiger partial charge in [0.2, 0.25) is 0 Å². The Balaban J connectivity index is 0. The van der Waals surface area contributed by atoms with Crippen molar-refractivity contribution in [1.29, 1.82) is 0 Å². The van der Waals surface area contributed by atoms with Crippen LogP contribution in [0.5, 0.6) is 0 Å². The number of hydrogen-bond donors (Lipinski definition) is 1. The average Bonchev–Trinajstić information content (AvgIpc) is 2.03. The number of halogens is 1. The molecule has 0 aromatic rings. The van der Waals surface area contributed by atoms with Crippen molar-refractivity contribution in [3.63, 3.8) is 0 Å². The molecule has 3 heteroatoms. The highest BCUT2D eigenvalue weighted by Gasteiger charge is 2.10. The molecule has 0 spiro atoms. The van der Waals surface area contributed by atoms with Crippen LogP contribution in [0, 0.1) is 0 Å². The van der Waals surface area contributed by atoms with Crippen LogP contribution in [0.3, 0.4) is 0 Å². The molecular weight excluding hydrogens is 178 g/mol. The molecule has 0 amide bonds. The predicted molar refractivity (Wildman–Crippen MR) is 49.5 cm³/mol. The molecule has 1 N–H and O–H groups in total. The van der Waals surface area contributed by atoms with Crippen LogP contribution in [0.15, 0.2) is 0 Å². The Morgan fingerprint density at radius 3 is 3.00 bits per heavy atom. The summed E-state index contributed by atoms with van der Waals surface area (Å²) in [5, 5.41) is 4.29. The van der Waals surface area contributed by atoms with Gasteiger partial charge in [-0.1, -0.05) is 19.8 Å². The maximum Gasteiger partial charge on any atom is 1.00 e. The Bertz CT molecular complexity index is 89.1. The Morgan fingerprint density at radius 1 is 1.64 bits per heavy atom. The third-order valence-corrected chi connectivity index (χ3v) is 3.16. The molecule has 11 heavy (non-hydrogen) atoms. The molecule has 0 radical (unpaired) electrons. The van der Waals surface area contributed by atoms with Crippen LogP contribution in [0.2, 0.25) is 0 Å². The van der Waals surface area contributed by atoms with Gasteiger partial charge >= 0.3 is 1.43 Å². The van der Waals surface area contributed by atoms with Crippen LogP contribution in [0.4, 0.5) is 0 Å². The molecule has 1 unspecified atom stereocenters. The molecule has 0 saturated carbocycles. The summed E-state index contributed by atoms with van der Waals surface area (Å²) in [5.41, 5.74) is 0. The molecule has 1 atom stereocenters. The largest absolute Gasteiger partial charge is 1.00 e. The van der Waals surface area contributed by atoms with Gasteiger partial charge in [-0.25, -0.2) is 0 Å². The molecule has 0 aromatic heterocycles. The van der Waals surface area contributed by atoms with Crippen molar-refractivity contribution < 1.29 is 13.8 Å². The van der Waals surface area contributed by atoms with Crippen LogP contribution >= 0.6 is 11.8 Å². The zero-order chi connectivity index (χ0) is 7.23. The quantitative estimate of drug-likeness (QED) is 0.643. The third kappa shape index (κ3) is 4.94. The van der Waals surface area contributed by atoms with E-state index >= 15 is 0 Å². The Hall–Kier alpha value is 0.600.